The SMILES string of the molecule is C=C(c1c(OC)cc(C)cc1C1OCCCO1)C1(O)c2cccc(OCc3ccccc3)c2C1(OC)OC. The molecule has 1 saturated heterocycles. The van der Waals surface area contributed by atoms with Gasteiger partial charge in [0, 0.05) is 30.9 Å². The van der Waals surface area contributed by atoms with E-state index in [2.05, 4.69) is 6.58 Å². The fourth-order valence-electron chi connectivity index (χ4n) is 5.57. The fraction of sp³-hybridized carbons (Fsp3) is 0.355. The molecule has 0 saturated carbocycles. The summed E-state index contributed by atoms with van der Waals surface area (Å²) in [6.45, 7) is 7.85. The van der Waals surface area contributed by atoms with E-state index in [1.165, 1.54) is 14.2 Å². The van der Waals surface area contributed by atoms with Gasteiger partial charge in [0.25, 0.3) is 0 Å². The zero-order chi connectivity index (χ0) is 26.9. The molecule has 1 aliphatic carbocycles. The molecule has 1 N–H and O–H groups in total. The van der Waals surface area contributed by atoms with E-state index >= 15 is 0 Å². The Hall–Kier alpha value is -3.20. The highest BCUT2D eigenvalue weighted by Crippen LogP contribution is 2.64. The number of hydrogen-bond acceptors (Lipinski definition) is 7. The van der Waals surface area contributed by atoms with Gasteiger partial charge in [0.05, 0.1) is 25.9 Å². The predicted molar refractivity (Wildman–Crippen MR) is 143 cm³/mol. The minimum atomic E-state index is -1.76. The number of rotatable bonds is 9. The highest BCUT2D eigenvalue weighted by atomic mass is 16.7. The largest absolute Gasteiger partial charge is 0.496 e. The molecule has 7 nitrogen and oxygen atoms in total. The van der Waals surface area contributed by atoms with Gasteiger partial charge < -0.3 is 33.5 Å². The Balaban J connectivity index is 1.61. The highest BCUT2D eigenvalue weighted by Gasteiger charge is 2.68. The van der Waals surface area contributed by atoms with Crippen molar-refractivity contribution in [3.05, 3.63) is 101 Å². The third-order valence-electron chi connectivity index (χ3n) is 7.35. The topological polar surface area (TPSA) is 75.6 Å². The average molecular weight is 519 g/mol. The van der Waals surface area contributed by atoms with E-state index < -0.39 is 17.7 Å². The summed E-state index contributed by atoms with van der Waals surface area (Å²) in [7, 11) is 4.59. The van der Waals surface area contributed by atoms with Crippen LogP contribution in [0.2, 0.25) is 0 Å². The van der Waals surface area contributed by atoms with Gasteiger partial charge >= 0.3 is 0 Å². The number of fused-ring (bicyclic) bond motifs is 1. The van der Waals surface area contributed by atoms with Crippen molar-refractivity contribution in [3.63, 3.8) is 0 Å². The van der Waals surface area contributed by atoms with Gasteiger partial charge in [-0.2, -0.15) is 0 Å². The molecule has 0 amide bonds. The Morgan fingerprint density at radius 3 is 2.34 bits per heavy atom. The zero-order valence-electron chi connectivity index (χ0n) is 22.3. The summed E-state index contributed by atoms with van der Waals surface area (Å²) < 4.78 is 35.8. The van der Waals surface area contributed by atoms with Crippen molar-refractivity contribution in [2.24, 2.45) is 0 Å². The smallest absolute Gasteiger partial charge is 0.237 e. The number of aryl methyl sites for hydroxylation is 1. The van der Waals surface area contributed by atoms with Crippen LogP contribution in [0.4, 0.5) is 0 Å². The quantitative estimate of drug-likeness (QED) is 0.381. The number of methoxy groups -OCH3 is 3. The first-order valence-corrected chi connectivity index (χ1v) is 12.7. The normalized spacial score (nSPS) is 20.3. The van der Waals surface area contributed by atoms with E-state index in [1.807, 2.05) is 67.6 Å². The summed E-state index contributed by atoms with van der Waals surface area (Å²) in [5.41, 5.74) is 3.08. The Bertz CT molecular complexity index is 1310. The minimum Gasteiger partial charge on any atom is -0.496 e. The minimum absolute atomic E-state index is 0.346. The van der Waals surface area contributed by atoms with Crippen LogP contribution in [0.1, 0.15) is 46.1 Å². The van der Waals surface area contributed by atoms with E-state index in [0.29, 0.717) is 53.6 Å². The van der Waals surface area contributed by atoms with Crippen molar-refractivity contribution in [2.45, 2.75) is 37.6 Å². The van der Waals surface area contributed by atoms with Crippen LogP contribution in [0.3, 0.4) is 0 Å². The molecule has 2 aliphatic rings. The Morgan fingerprint density at radius 2 is 1.68 bits per heavy atom. The monoisotopic (exact) mass is 518 g/mol. The summed E-state index contributed by atoms with van der Waals surface area (Å²) in [5, 5.41) is 12.5. The van der Waals surface area contributed by atoms with E-state index in [0.717, 1.165) is 23.1 Å². The van der Waals surface area contributed by atoms with Crippen molar-refractivity contribution in [3.8, 4) is 11.5 Å². The van der Waals surface area contributed by atoms with Crippen molar-refractivity contribution >= 4 is 5.57 Å². The lowest BCUT2D eigenvalue weighted by atomic mass is 9.61. The summed E-state index contributed by atoms with van der Waals surface area (Å²) >= 11 is 0. The van der Waals surface area contributed by atoms with Crippen molar-refractivity contribution < 1.29 is 33.5 Å². The first-order valence-electron chi connectivity index (χ1n) is 12.7. The Labute approximate surface area is 223 Å². The van der Waals surface area contributed by atoms with Gasteiger partial charge in [-0.25, -0.2) is 0 Å². The molecule has 38 heavy (non-hydrogen) atoms. The predicted octanol–water partition coefficient (Wildman–Crippen LogP) is 5.38. The van der Waals surface area contributed by atoms with Gasteiger partial charge in [0.1, 0.15) is 18.1 Å². The molecule has 5 rings (SSSR count). The number of aliphatic hydroxyl groups is 1. The second-order valence-electron chi connectivity index (χ2n) is 9.53. The lowest BCUT2D eigenvalue weighted by Gasteiger charge is -2.55. The van der Waals surface area contributed by atoms with E-state index in [-0.39, 0.29) is 0 Å². The molecule has 1 unspecified atom stereocenters. The van der Waals surface area contributed by atoms with Gasteiger partial charge in [-0.05, 0) is 42.2 Å². The highest BCUT2D eigenvalue weighted by molar-refractivity contribution is 5.84. The first kappa shape index (κ1) is 26.4. The van der Waals surface area contributed by atoms with Crippen LogP contribution in [-0.4, -0.2) is 39.6 Å². The maximum Gasteiger partial charge on any atom is 0.237 e. The van der Waals surface area contributed by atoms with Gasteiger partial charge in [-0.15, -0.1) is 0 Å². The maximum atomic E-state index is 12.5. The van der Waals surface area contributed by atoms with E-state index in [4.69, 9.17) is 28.4 Å². The van der Waals surface area contributed by atoms with Crippen LogP contribution < -0.4 is 9.47 Å². The maximum absolute atomic E-state index is 12.5. The van der Waals surface area contributed by atoms with Gasteiger partial charge in [0.15, 0.2) is 11.9 Å². The lowest BCUT2D eigenvalue weighted by Crippen LogP contribution is -2.61. The molecule has 1 aliphatic heterocycles. The molecule has 1 atom stereocenters. The standard InChI is InChI=1S/C31H34O7/c1-20-17-23(29-36-15-10-16-37-29)27(26(18-20)33-3)21(2)30(32)24-13-9-14-25(28(24)31(30,34-4)35-5)38-19-22-11-7-6-8-12-22/h6-9,11-14,17-18,29,32H,2,10,15-16,19H2,1,3-5H3. The summed E-state index contributed by atoms with van der Waals surface area (Å²) in [4.78, 5) is 0. The fourth-order valence-corrected chi connectivity index (χ4v) is 5.57. The molecule has 3 aromatic carbocycles. The molecule has 0 spiro atoms. The van der Waals surface area contributed by atoms with Crippen LogP contribution in [0.5, 0.6) is 11.5 Å². The summed E-state index contributed by atoms with van der Waals surface area (Å²) in [6.07, 6.45) is 0.197. The van der Waals surface area contributed by atoms with E-state index in [9.17, 15) is 5.11 Å². The second-order valence-corrected chi connectivity index (χ2v) is 9.53. The van der Waals surface area contributed by atoms with Crippen LogP contribution >= 0.6 is 0 Å². The summed E-state index contributed by atoms with van der Waals surface area (Å²) in [6, 6.07) is 19.3. The van der Waals surface area contributed by atoms with Gasteiger partial charge in [0.2, 0.25) is 5.79 Å². The Morgan fingerprint density at radius 1 is 0.974 bits per heavy atom. The molecule has 1 fully saturated rings. The molecule has 200 valence electrons. The van der Waals surface area contributed by atoms with Crippen molar-refractivity contribution in [1.82, 2.24) is 0 Å². The first-order chi connectivity index (χ1) is 18.4. The van der Waals surface area contributed by atoms with Crippen LogP contribution in [0.15, 0.2) is 67.2 Å². The molecule has 0 bridgehead atoms. The third-order valence-corrected chi connectivity index (χ3v) is 7.35. The summed E-state index contributed by atoms with van der Waals surface area (Å²) in [5.74, 6) is -0.474. The van der Waals surface area contributed by atoms with Crippen LogP contribution in [0, 0.1) is 6.92 Å². The second kappa shape index (κ2) is 10.5. The average Bonchev–Trinajstić information content (AvgIpc) is 2.96. The van der Waals surface area contributed by atoms with Crippen molar-refractivity contribution in [2.75, 3.05) is 34.5 Å². The van der Waals surface area contributed by atoms with Gasteiger partial charge in [-0.1, -0.05) is 55.1 Å². The molecule has 0 aromatic heterocycles. The molecule has 3 aromatic rings. The molecular formula is C31H34O7. The van der Waals surface area contributed by atoms with Crippen molar-refractivity contribution in [1.29, 1.82) is 0 Å². The Kier molecular flexibility index (Phi) is 7.31. The molecule has 0 radical (unpaired) electrons. The molecule has 7 heteroatoms. The van der Waals surface area contributed by atoms with Gasteiger partial charge in [-0.3, -0.25) is 0 Å². The number of ether oxygens (including phenoxy) is 6. The number of hydrogen-bond donors (Lipinski definition) is 1. The molecular weight excluding hydrogens is 484 g/mol. The zero-order valence-corrected chi connectivity index (χ0v) is 22.3. The number of benzene rings is 3. The molecule has 1 heterocycles. The van der Waals surface area contributed by atoms with Crippen LogP contribution in [0.25, 0.3) is 5.57 Å². The third kappa shape index (κ3) is 4.02. The van der Waals surface area contributed by atoms with Crippen LogP contribution in [-0.2, 0) is 36.9 Å². The van der Waals surface area contributed by atoms with E-state index in [1.54, 1.807) is 7.11 Å². The lowest BCUT2D eigenvalue weighted by molar-refractivity contribution is -0.321.